The van der Waals surface area contributed by atoms with Crippen molar-refractivity contribution in [2.75, 3.05) is 0 Å². The van der Waals surface area contributed by atoms with Crippen LogP contribution in [0, 0.1) is 17.8 Å². The van der Waals surface area contributed by atoms with Crippen LogP contribution in [0.5, 0.6) is 0 Å². The fraction of sp³-hybridized carbons (Fsp3) is 0.500. The molecule has 0 N–H and O–H groups in total. The summed E-state index contributed by atoms with van der Waals surface area (Å²) in [5, 5.41) is 2.59. The third-order valence-corrected chi connectivity index (χ3v) is 7.07. The van der Waals surface area contributed by atoms with E-state index in [0.29, 0.717) is 0 Å². The molecule has 0 bridgehead atoms. The molecule has 2 heteroatoms. The molecular formula is C26H32O2. The monoisotopic (exact) mass is 376 g/mol. The fourth-order valence-corrected chi connectivity index (χ4v) is 5.01. The maximum absolute atomic E-state index is 12.8. The first-order valence-electron chi connectivity index (χ1n) is 11.0. The summed E-state index contributed by atoms with van der Waals surface area (Å²) in [6.45, 7) is 6.62. The molecule has 2 nitrogen and oxygen atoms in total. The summed E-state index contributed by atoms with van der Waals surface area (Å²) in [6.07, 6.45) is 10.7. The van der Waals surface area contributed by atoms with Crippen LogP contribution in [0.25, 0.3) is 16.8 Å². The van der Waals surface area contributed by atoms with E-state index in [1.807, 2.05) is 6.92 Å². The lowest BCUT2D eigenvalue weighted by molar-refractivity contribution is -0.155. The SMILES string of the molecule is CCC(C)C1CCC(C(=O)OC(C)c2cc3c4c(cccc4c2)CC=C3)CC1. The van der Waals surface area contributed by atoms with Gasteiger partial charge in [-0.1, -0.05) is 50.6 Å². The van der Waals surface area contributed by atoms with Gasteiger partial charge in [0.1, 0.15) is 6.10 Å². The quantitative estimate of drug-likeness (QED) is 0.532. The van der Waals surface area contributed by atoms with E-state index < -0.39 is 0 Å². The Morgan fingerprint density at radius 3 is 2.68 bits per heavy atom. The van der Waals surface area contributed by atoms with E-state index in [4.69, 9.17) is 4.74 Å². The summed E-state index contributed by atoms with van der Waals surface area (Å²) in [6, 6.07) is 10.9. The van der Waals surface area contributed by atoms with E-state index in [-0.39, 0.29) is 18.0 Å². The van der Waals surface area contributed by atoms with Crippen LogP contribution in [0.4, 0.5) is 0 Å². The number of allylic oxidation sites excluding steroid dienone is 1. The summed E-state index contributed by atoms with van der Waals surface area (Å²) in [4.78, 5) is 12.8. The van der Waals surface area contributed by atoms with Crippen molar-refractivity contribution in [3.63, 3.8) is 0 Å². The molecule has 28 heavy (non-hydrogen) atoms. The van der Waals surface area contributed by atoms with Gasteiger partial charge in [0.05, 0.1) is 5.92 Å². The summed E-state index contributed by atoms with van der Waals surface area (Å²) in [5.41, 5.74) is 3.71. The Kier molecular flexibility index (Phi) is 5.57. The number of esters is 1. The topological polar surface area (TPSA) is 26.3 Å². The predicted molar refractivity (Wildman–Crippen MR) is 116 cm³/mol. The van der Waals surface area contributed by atoms with Crippen LogP contribution in [0.2, 0.25) is 0 Å². The average Bonchev–Trinajstić information content (AvgIpc) is 2.73. The number of hydrogen-bond acceptors (Lipinski definition) is 2. The molecule has 1 fully saturated rings. The Labute approximate surface area is 169 Å². The molecule has 4 rings (SSSR count). The van der Waals surface area contributed by atoms with Gasteiger partial charge in [0.2, 0.25) is 0 Å². The molecule has 2 unspecified atom stereocenters. The molecule has 2 aliphatic carbocycles. The van der Waals surface area contributed by atoms with Crippen LogP contribution in [-0.4, -0.2) is 5.97 Å². The lowest BCUT2D eigenvalue weighted by atomic mass is 9.75. The molecule has 0 spiro atoms. The van der Waals surface area contributed by atoms with Crippen molar-refractivity contribution in [1.82, 2.24) is 0 Å². The lowest BCUT2D eigenvalue weighted by Gasteiger charge is -2.31. The largest absolute Gasteiger partial charge is 0.458 e. The van der Waals surface area contributed by atoms with Crippen molar-refractivity contribution in [3.05, 3.63) is 53.1 Å². The zero-order valence-corrected chi connectivity index (χ0v) is 17.4. The van der Waals surface area contributed by atoms with Gasteiger partial charge in [0.25, 0.3) is 0 Å². The molecule has 0 aliphatic heterocycles. The van der Waals surface area contributed by atoms with E-state index in [1.165, 1.54) is 28.3 Å². The van der Waals surface area contributed by atoms with Gasteiger partial charge < -0.3 is 4.74 Å². The molecule has 2 atom stereocenters. The first-order valence-corrected chi connectivity index (χ1v) is 11.0. The number of hydrogen-bond donors (Lipinski definition) is 0. The second kappa shape index (κ2) is 8.11. The van der Waals surface area contributed by atoms with E-state index >= 15 is 0 Å². The van der Waals surface area contributed by atoms with Crippen LogP contribution < -0.4 is 0 Å². The van der Waals surface area contributed by atoms with Crippen molar-refractivity contribution >= 4 is 22.8 Å². The Balaban J connectivity index is 1.45. The highest BCUT2D eigenvalue weighted by Gasteiger charge is 2.30. The smallest absolute Gasteiger partial charge is 0.309 e. The number of benzene rings is 2. The number of ether oxygens (including phenoxy) is 1. The number of carbonyl (C=O) groups excluding carboxylic acids is 1. The van der Waals surface area contributed by atoms with Crippen LogP contribution >= 0.6 is 0 Å². The van der Waals surface area contributed by atoms with E-state index in [0.717, 1.165) is 49.5 Å². The third-order valence-electron chi connectivity index (χ3n) is 7.07. The Morgan fingerprint density at radius 2 is 1.93 bits per heavy atom. The minimum absolute atomic E-state index is 0.00636. The van der Waals surface area contributed by atoms with Crippen molar-refractivity contribution in [1.29, 1.82) is 0 Å². The first kappa shape index (κ1) is 19.2. The van der Waals surface area contributed by atoms with Crippen LogP contribution in [0.1, 0.15) is 75.7 Å². The lowest BCUT2D eigenvalue weighted by Crippen LogP contribution is -2.26. The van der Waals surface area contributed by atoms with Gasteiger partial charge in [-0.05, 0) is 90.5 Å². The van der Waals surface area contributed by atoms with Gasteiger partial charge in [-0.25, -0.2) is 0 Å². The molecule has 0 aromatic heterocycles. The van der Waals surface area contributed by atoms with Crippen molar-refractivity contribution in [2.45, 2.75) is 65.4 Å². The minimum Gasteiger partial charge on any atom is -0.458 e. The summed E-state index contributed by atoms with van der Waals surface area (Å²) < 4.78 is 5.93. The van der Waals surface area contributed by atoms with E-state index in [9.17, 15) is 4.79 Å². The van der Waals surface area contributed by atoms with Gasteiger partial charge in [-0.3, -0.25) is 4.79 Å². The fourth-order valence-electron chi connectivity index (χ4n) is 5.01. The Hall–Kier alpha value is -2.09. The molecule has 148 valence electrons. The Morgan fingerprint density at radius 1 is 1.14 bits per heavy atom. The third kappa shape index (κ3) is 3.74. The maximum Gasteiger partial charge on any atom is 0.309 e. The van der Waals surface area contributed by atoms with Crippen LogP contribution in [0.15, 0.2) is 36.4 Å². The summed E-state index contributed by atoms with van der Waals surface area (Å²) in [5.74, 6) is 1.62. The highest BCUT2D eigenvalue weighted by molar-refractivity contribution is 5.95. The minimum atomic E-state index is -0.209. The van der Waals surface area contributed by atoms with Gasteiger partial charge in [0, 0.05) is 0 Å². The average molecular weight is 377 g/mol. The maximum atomic E-state index is 12.8. The second-order valence-corrected chi connectivity index (χ2v) is 8.81. The molecule has 2 aliphatic rings. The van der Waals surface area contributed by atoms with Crippen LogP contribution in [0.3, 0.4) is 0 Å². The predicted octanol–water partition coefficient (Wildman–Crippen LogP) is 6.87. The first-order chi connectivity index (χ1) is 13.6. The van der Waals surface area contributed by atoms with Gasteiger partial charge in [-0.15, -0.1) is 0 Å². The normalized spacial score (nSPS) is 23.4. The number of rotatable bonds is 5. The van der Waals surface area contributed by atoms with Crippen LogP contribution in [-0.2, 0) is 16.0 Å². The van der Waals surface area contributed by atoms with E-state index in [2.05, 4.69) is 56.3 Å². The molecule has 2 aromatic rings. The zero-order chi connectivity index (χ0) is 19.7. The Bertz CT molecular complexity index is 887. The van der Waals surface area contributed by atoms with Gasteiger partial charge >= 0.3 is 5.97 Å². The molecule has 0 amide bonds. The van der Waals surface area contributed by atoms with Crippen molar-refractivity contribution < 1.29 is 9.53 Å². The highest BCUT2D eigenvalue weighted by Crippen LogP contribution is 2.37. The van der Waals surface area contributed by atoms with Crippen molar-refractivity contribution in [2.24, 2.45) is 17.8 Å². The van der Waals surface area contributed by atoms with Gasteiger partial charge in [-0.2, -0.15) is 0 Å². The molecule has 0 saturated heterocycles. The molecule has 0 heterocycles. The molecule has 1 saturated carbocycles. The molecule has 0 radical (unpaired) electrons. The molecule has 2 aromatic carbocycles. The second-order valence-electron chi connectivity index (χ2n) is 8.81. The zero-order valence-electron chi connectivity index (χ0n) is 17.4. The highest BCUT2D eigenvalue weighted by atomic mass is 16.5. The van der Waals surface area contributed by atoms with Gasteiger partial charge in [0.15, 0.2) is 0 Å². The number of carbonyl (C=O) groups is 1. The standard InChI is InChI=1S/C26H32O2/c1-4-17(2)19-11-13-21(14-12-19)26(27)28-18(3)24-15-22-9-5-7-20-8-6-10-23(16-24)25(20)22/h5-7,9-10,15-19,21H,4,8,11-14H2,1-3H3. The van der Waals surface area contributed by atoms with E-state index in [1.54, 1.807) is 0 Å². The molecular weight excluding hydrogens is 344 g/mol. The summed E-state index contributed by atoms with van der Waals surface area (Å²) >= 11 is 0. The summed E-state index contributed by atoms with van der Waals surface area (Å²) in [7, 11) is 0. The van der Waals surface area contributed by atoms with Crippen molar-refractivity contribution in [3.8, 4) is 0 Å².